The number of nitrogens with two attached hydrogens (primary N) is 1. The van der Waals surface area contributed by atoms with Crippen molar-refractivity contribution < 1.29 is 14.3 Å². The minimum absolute atomic E-state index is 0.0112. The molecule has 3 aromatic rings. The summed E-state index contributed by atoms with van der Waals surface area (Å²) in [7, 11) is 1.61. The number of carbonyl (C=O) groups is 2. The molecule has 7 nitrogen and oxygen atoms in total. The van der Waals surface area contributed by atoms with Crippen LogP contribution in [0.15, 0.2) is 35.4 Å². The van der Waals surface area contributed by atoms with Crippen molar-refractivity contribution in [2.75, 3.05) is 12.9 Å². The molecule has 9 heteroatoms. The van der Waals surface area contributed by atoms with Crippen LogP contribution in [0.1, 0.15) is 27.3 Å². The molecule has 0 aliphatic rings. The van der Waals surface area contributed by atoms with Gasteiger partial charge in [-0.05, 0) is 44.2 Å². The molecule has 29 heavy (non-hydrogen) atoms. The summed E-state index contributed by atoms with van der Waals surface area (Å²) in [5.74, 6) is 1.42. The summed E-state index contributed by atoms with van der Waals surface area (Å²) in [5, 5.41) is 4.36. The number of ketones is 1. The number of benzene rings is 1. The molecule has 0 bridgehead atoms. The molecule has 0 radical (unpaired) electrons. The van der Waals surface area contributed by atoms with Crippen LogP contribution in [0, 0.1) is 6.92 Å². The average Bonchev–Trinajstić information content (AvgIpc) is 3.18. The molecule has 0 aliphatic carbocycles. The van der Waals surface area contributed by atoms with Gasteiger partial charge < -0.3 is 15.8 Å². The van der Waals surface area contributed by atoms with E-state index in [1.54, 1.807) is 20.1 Å². The second kappa shape index (κ2) is 9.34. The first kappa shape index (κ1) is 21.2. The Kier molecular flexibility index (Phi) is 6.83. The largest absolute Gasteiger partial charge is 0.497 e. The van der Waals surface area contributed by atoms with Crippen LogP contribution >= 0.6 is 23.1 Å². The summed E-state index contributed by atoms with van der Waals surface area (Å²) < 4.78 is 5.29. The van der Waals surface area contributed by atoms with Gasteiger partial charge in [0.2, 0.25) is 5.91 Å². The summed E-state index contributed by atoms with van der Waals surface area (Å²) in [6, 6.07) is 8.69. The lowest BCUT2D eigenvalue weighted by Gasteiger charge is -2.08. The number of aryl methyl sites for hydroxylation is 1. The minimum Gasteiger partial charge on any atom is -0.497 e. The molecule has 152 valence electrons. The minimum atomic E-state index is -0.558. The molecule has 3 N–H and O–H groups in total. The van der Waals surface area contributed by atoms with E-state index in [4.69, 9.17) is 10.5 Å². The quantitative estimate of drug-likeness (QED) is 0.321. The molecule has 0 saturated heterocycles. The van der Waals surface area contributed by atoms with Crippen LogP contribution < -0.4 is 15.8 Å². The summed E-state index contributed by atoms with van der Waals surface area (Å²) in [6.45, 7) is 3.82. The van der Waals surface area contributed by atoms with E-state index in [0.717, 1.165) is 26.6 Å². The van der Waals surface area contributed by atoms with Crippen LogP contribution in [0.3, 0.4) is 0 Å². The highest BCUT2D eigenvalue weighted by atomic mass is 32.2. The van der Waals surface area contributed by atoms with E-state index in [1.807, 2.05) is 31.2 Å². The van der Waals surface area contributed by atoms with E-state index in [9.17, 15) is 9.59 Å². The number of amides is 1. The maximum absolute atomic E-state index is 12.6. The zero-order valence-corrected chi connectivity index (χ0v) is 18.0. The molecule has 0 unspecified atom stereocenters. The van der Waals surface area contributed by atoms with Crippen molar-refractivity contribution in [2.24, 2.45) is 5.73 Å². The van der Waals surface area contributed by atoms with Gasteiger partial charge in [-0.15, -0.1) is 11.3 Å². The fraction of sp³-hybridized carbons (Fsp3) is 0.300. The van der Waals surface area contributed by atoms with E-state index in [2.05, 4.69) is 15.3 Å². The zero-order chi connectivity index (χ0) is 21.0. The Morgan fingerprint density at radius 2 is 2.07 bits per heavy atom. The van der Waals surface area contributed by atoms with Gasteiger partial charge in [0, 0.05) is 10.3 Å². The normalized spacial score (nSPS) is 12.0. The van der Waals surface area contributed by atoms with E-state index in [1.165, 1.54) is 23.1 Å². The fourth-order valence-electron chi connectivity index (χ4n) is 2.59. The van der Waals surface area contributed by atoms with Crippen molar-refractivity contribution in [1.29, 1.82) is 0 Å². The van der Waals surface area contributed by atoms with Gasteiger partial charge in [0.15, 0.2) is 5.78 Å². The van der Waals surface area contributed by atoms with E-state index in [0.29, 0.717) is 17.2 Å². The molecule has 1 atom stereocenters. The van der Waals surface area contributed by atoms with E-state index in [-0.39, 0.29) is 17.4 Å². The van der Waals surface area contributed by atoms with Crippen molar-refractivity contribution in [3.8, 4) is 5.75 Å². The van der Waals surface area contributed by atoms with Gasteiger partial charge in [0.1, 0.15) is 16.6 Å². The monoisotopic (exact) mass is 430 g/mol. The Balaban J connectivity index is 1.69. The van der Waals surface area contributed by atoms with Crippen molar-refractivity contribution in [2.45, 2.75) is 31.5 Å². The summed E-state index contributed by atoms with van der Waals surface area (Å²) in [5.41, 5.74) is 6.35. The number of thioether (sulfide) groups is 1. The number of rotatable bonds is 8. The maximum atomic E-state index is 12.6. The van der Waals surface area contributed by atoms with Gasteiger partial charge in [-0.3, -0.25) is 9.59 Å². The van der Waals surface area contributed by atoms with Gasteiger partial charge in [0.25, 0.3) is 0 Å². The smallest absolute Gasteiger partial charge is 0.236 e. The molecular formula is C20H22N4O3S2. The number of methoxy groups -OCH3 is 1. The Labute approximate surface area is 177 Å². The Hall–Kier alpha value is -2.49. The SMILES string of the molecule is COc1ccc2nc(C)nc(SCC(=O)c3ccc(CNC(=O)[C@@H](C)N)s3)c2c1. The predicted octanol–water partition coefficient (Wildman–Crippen LogP) is 2.95. The lowest BCUT2D eigenvalue weighted by molar-refractivity contribution is -0.122. The van der Waals surface area contributed by atoms with Crippen LogP contribution in [-0.2, 0) is 11.3 Å². The Bertz CT molecular complexity index is 1050. The van der Waals surface area contributed by atoms with Crippen LogP contribution in [0.5, 0.6) is 5.75 Å². The number of carbonyl (C=O) groups excluding carboxylic acids is 2. The Morgan fingerprint density at radius 3 is 2.79 bits per heavy atom. The Morgan fingerprint density at radius 1 is 1.28 bits per heavy atom. The van der Waals surface area contributed by atoms with Crippen molar-refractivity contribution >= 4 is 45.7 Å². The first-order valence-electron chi connectivity index (χ1n) is 8.97. The number of nitrogens with zero attached hydrogens (tertiary/aromatic N) is 2. The topological polar surface area (TPSA) is 107 Å². The molecule has 1 amide bonds. The first-order chi connectivity index (χ1) is 13.9. The number of aromatic nitrogens is 2. The molecule has 2 aromatic heterocycles. The fourth-order valence-corrected chi connectivity index (χ4v) is 4.51. The highest BCUT2D eigenvalue weighted by Crippen LogP contribution is 2.29. The van der Waals surface area contributed by atoms with Gasteiger partial charge in [0.05, 0.1) is 35.8 Å². The highest BCUT2D eigenvalue weighted by molar-refractivity contribution is 8.00. The number of fused-ring (bicyclic) bond motifs is 1. The van der Waals surface area contributed by atoms with E-state index < -0.39 is 6.04 Å². The van der Waals surface area contributed by atoms with Crippen LogP contribution in [-0.4, -0.2) is 40.6 Å². The van der Waals surface area contributed by atoms with Crippen molar-refractivity contribution in [1.82, 2.24) is 15.3 Å². The number of Topliss-reactive ketones (excluding diaryl/α,β-unsaturated/α-hetero) is 1. The lowest BCUT2D eigenvalue weighted by atomic mass is 10.2. The maximum Gasteiger partial charge on any atom is 0.236 e. The number of ether oxygens (including phenoxy) is 1. The first-order valence-corrected chi connectivity index (χ1v) is 10.8. The molecule has 0 saturated carbocycles. The van der Waals surface area contributed by atoms with Gasteiger partial charge >= 0.3 is 0 Å². The van der Waals surface area contributed by atoms with Crippen LogP contribution in [0.4, 0.5) is 0 Å². The molecule has 1 aromatic carbocycles. The third kappa shape index (κ3) is 5.31. The van der Waals surface area contributed by atoms with E-state index >= 15 is 0 Å². The number of nitrogens with one attached hydrogen (secondary N) is 1. The van der Waals surface area contributed by atoms with Gasteiger partial charge in [-0.1, -0.05) is 11.8 Å². The second-order valence-electron chi connectivity index (χ2n) is 6.44. The summed E-state index contributed by atoms with van der Waals surface area (Å²) >= 11 is 2.75. The summed E-state index contributed by atoms with van der Waals surface area (Å²) in [4.78, 5) is 34.7. The van der Waals surface area contributed by atoms with Crippen molar-refractivity contribution in [3.63, 3.8) is 0 Å². The predicted molar refractivity (Wildman–Crippen MR) is 116 cm³/mol. The summed E-state index contributed by atoms with van der Waals surface area (Å²) in [6.07, 6.45) is 0. The lowest BCUT2D eigenvalue weighted by Crippen LogP contribution is -2.37. The van der Waals surface area contributed by atoms with Gasteiger partial charge in [-0.2, -0.15) is 0 Å². The van der Waals surface area contributed by atoms with Crippen molar-refractivity contribution in [3.05, 3.63) is 45.9 Å². The molecule has 0 fully saturated rings. The number of hydrogen-bond acceptors (Lipinski definition) is 8. The number of hydrogen-bond donors (Lipinski definition) is 2. The molecular weight excluding hydrogens is 408 g/mol. The van der Waals surface area contributed by atoms with Gasteiger partial charge in [-0.25, -0.2) is 9.97 Å². The van der Waals surface area contributed by atoms with Crippen LogP contribution in [0.2, 0.25) is 0 Å². The molecule has 0 spiro atoms. The highest BCUT2D eigenvalue weighted by Gasteiger charge is 2.14. The third-order valence-electron chi connectivity index (χ3n) is 4.11. The average molecular weight is 431 g/mol. The third-order valence-corrected chi connectivity index (χ3v) is 6.22. The molecule has 2 heterocycles. The molecule has 3 rings (SSSR count). The zero-order valence-electron chi connectivity index (χ0n) is 16.4. The second-order valence-corrected chi connectivity index (χ2v) is 8.58. The van der Waals surface area contributed by atoms with Crippen LogP contribution in [0.25, 0.3) is 10.9 Å². The molecule has 0 aliphatic heterocycles. The standard InChI is InChI=1S/C20H22N4O3S2/c1-11(21)19(26)22-9-14-5-7-18(29-14)17(25)10-28-20-15-8-13(27-3)4-6-16(15)23-12(2)24-20/h4-8,11H,9-10,21H2,1-3H3,(H,22,26)/t11-/m1/s1. The number of thiophene rings is 1.